The van der Waals surface area contributed by atoms with Gasteiger partial charge in [0, 0.05) is 28.7 Å². The van der Waals surface area contributed by atoms with Crippen molar-refractivity contribution in [2.45, 2.75) is 31.3 Å². The average Bonchev–Trinajstić information content (AvgIpc) is 2.88. The van der Waals surface area contributed by atoms with Crippen LogP contribution in [0.2, 0.25) is 10.0 Å². The Kier molecular flexibility index (Phi) is 9.53. The van der Waals surface area contributed by atoms with Gasteiger partial charge < -0.3 is 10.2 Å². The lowest BCUT2D eigenvalue weighted by Gasteiger charge is -2.32. The van der Waals surface area contributed by atoms with E-state index >= 15 is 0 Å². The molecule has 1 N–H and O–H groups in total. The molecule has 0 heterocycles. The second kappa shape index (κ2) is 12.4. The van der Waals surface area contributed by atoms with Gasteiger partial charge in [-0.1, -0.05) is 47.5 Å². The summed E-state index contributed by atoms with van der Waals surface area (Å²) in [6, 6.07) is 16.2. The summed E-state index contributed by atoms with van der Waals surface area (Å²) in [5, 5.41) is 3.26. The molecule has 0 saturated heterocycles. The third-order valence-electron chi connectivity index (χ3n) is 5.63. The molecule has 0 bridgehead atoms. The lowest BCUT2D eigenvalue weighted by atomic mass is 10.1. The minimum absolute atomic E-state index is 0.0513. The number of hydrogen-bond donors (Lipinski definition) is 1. The fourth-order valence-corrected chi connectivity index (χ4v) is 5.57. The van der Waals surface area contributed by atoms with E-state index in [9.17, 15) is 22.4 Å². The Morgan fingerprint density at radius 1 is 0.946 bits per heavy atom. The molecule has 2 amide bonds. The molecule has 0 saturated carbocycles. The molecule has 11 heteroatoms. The number of sulfonamides is 1. The molecule has 7 nitrogen and oxygen atoms in total. The second-order valence-corrected chi connectivity index (χ2v) is 10.8. The van der Waals surface area contributed by atoms with Crippen LogP contribution < -0.4 is 9.62 Å². The molecule has 0 aliphatic heterocycles. The molecule has 3 aromatic carbocycles. The minimum Gasteiger partial charge on any atom is -0.355 e. The zero-order valence-electron chi connectivity index (χ0n) is 20.2. The Bertz CT molecular complexity index is 1340. The number of likely N-dealkylation sites (N-methyl/N-ethyl adjacent to an activating group) is 1. The van der Waals surface area contributed by atoms with E-state index in [-0.39, 0.29) is 17.1 Å². The lowest BCUT2D eigenvalue weighted by Crippen LogP contribution is -2.51. The highest BCUT2D eigenvalue weighted by atomic mass is 35.5. The molecule has 0 spiro atoms. The van der Waals surface area contributed by atoms with Crippen LogP contribution in [0.5, 0.6) is 0 Å². The number of rotatable bonds is 10. The number of nitrogens with one attached hydrogen (secondary N) is 1. The molecule has 3 rings (SSSR count). The van der Waals surface area contributed by atoms with Gasteiger partial charge in [-0.2, -0.15) is 0 Å². The van der Waals surface area contributed by atoms with Crippen LogP contribution in [0.4, 0.5) is 10.1 Å². The van der Waals surface area contributed by atoms with Gasteiger partial charge in [-0.25, -0.2) is 12.8 Å². The maximum atomic E-state index is 13.7. The van der Waals surface area contributed by atoms with Crippen molar-refractivity contribution in [1.29, 1.82) is 0 Å². The number of nitrogens with zero attached hydrogens (tertiary/aromatic N) is 2. The van der Waals surface area contributed by atoms with E-state index in [4.69, 9.17) is 23.2 Å². The number of anilines is 1. The van der Waals surface area contributed by atoms with E-state index in [1.54, 1.807) is 43.3 Å². The lowest BCUT2D eigenvalue weighted by molar-refractivity contribution is -0.139. The molecule has 0 aliphatic carbocycles. The van der Waals surface area contributed by atoms with Gasteiger partial charge in [-0.15, -0.1) is 0 Å². The summed E-state index contributed by atoms with van der Waals surface area (Å²) in [4.78, 5) is 27.6. The van der Waals surface area contributed by atoms with Crippen molar-refractivity contribution in [1.82, 2.24) is 10.2 Å². The van der Waals surface area contributed by atoms with Gasteiger partial charge in [-0.05, 0) is 62.4 Å². The van der Waals surface area contributed by atoms with Crippen molar-refractivity contribution < 1.29 is 22.4 Å². The second-order valence-electron chi connectivity index (χ2n) is 8.09. The van der Waals surface area contributed by atoms with Gasteiger partial charge in [0.1, 0.15) is 18.4 Å². The highest BCUT2D eigenvalue weighted by molar-refractivity contribution is 7.92. The molecule has 1 atom stereocenters. The van der Waals surface area contributed by atoms with Crippen molar-refractivity contribution >= 4 is 50.7 Å². The Morgan fingerprint density at radius 3 is 2.11 bits per heavy atom. The zero-order valence-corrected chi connectivity index (χ0v) is 22.5. The Labute approximate surface area is 225 Å². The molecule has 3 aromatic rings. The molecule has 0 radical (unpaired) electrons. The van der Waals surface area contributed by atoms with Crippen LogP contribution in [0.15, 0.2) is 77.7 Å². The van der Waals surface area contributed by atoms with Crippen LogP contribution >= 0.6 is 23.2 Å². The minimum atomic E-state index is -4.23. The predicted molar refractivity (Wildman–Crippen MR) is 143 cm³/mol. The normalized spacial score (nSPS) is 12.0. The van der Waals surface area contributed by atoms with E-state index in [2.05, 4.69) is 5.32 Å². The summed E-state index contributed by atoms with van der Waals surface area (Å²) in [5.74, 6) is -1.68. The zero-order chi connectivity index (χ0) is 27.2. The summed E-state index contributed by atoms with van der Waals surface area (Å²) in [6.45, 7) is 2.81. The van der Waals surface area contributed by atoms with Crippen LogP contribution in [-0.4, -0.2) is 44.3 Å². The molecule has 0 aromatic heterocycles. The Hall–Kier alpha value is -3.14. The number of halogens is 3. The van der Waals surface area contributed by atoms with Crippen LogP contribution in [0.1, 0.15) is 19.4 Å². The molecular formula is C26H26Cl2FN3O4S. The van der Waals surface area contributed by atoms with Gasteiger partial charge >= 0.3 is 0 Å². The average molecular weight is 566 g/mol. The fourth-order valence-electron chi connectivity index (χ4n) is 3.61. The fraction of sp³-hybridized carbons (Fsp3) is 0.231. The number of hydrogen-bond acceptors (Lipinski definition) is 4. The van der Waals surface area contributed by atoms with Crippen LogP contribution in [0.3, 0.4) is 0 Å². The highest BCUT2D eigenvalue weighted by Gasteiger charge is 2.33. The standard InChI is InChI=1S/C26H26Cl2FN3O4S/c1-3-30-26(34)18(2)31(16-22-23(27)10-7-11-24(22)28)25(33)17-32(20-14-12-19(29)13-15-20)37(35,36)21-8-5-4-6-9-21/h4-15,18H,3,16-17H2,1-2H3,(H,30,34)/t18-/m1/s1. The number of carbonyl (C=O) groups is 2. The Balaban J connectivity index is 2.05. The van der Waals surface area contributed by atoms with E-state index < -0.39 is 40.2 Å². The summed E-state index contributed by atoms with van der Waals surface area (Å²) >= 11 is 12.7. The first-order valence-electron chi connectivity index (χ1n) is 11.4. The first-order valence-corrected chi connectivity index (χ1v) is 13.6. The largest absolute Gasteiger partial charge is 0.355 e. The van der Waals surface area contributed by atoms with Gasteiger partial charge in [0.25, 0.3) is 10.0 Å². The molecule has 196 valence electrons. The van der Waals surface area contributed by atoms with Gasteiger partial charge in [0.2, 0.25) is 11.8 Å². The van der Waals surface area contributed by atoms with E-state index in [1.165, 1.54) is 36.1 Å². The first kappa shape index (κ1) is 28.4. The number of carbonyl (C=O) groups excluding carboxylic acids is 2. The van der Waals surface area contributed by atoms with Crippen LogP contribution in [0.25, 0.3) is 0 Å². The van der Waals surface area contributed by atoms with Crippen molar-refractivity contribution in [2.24, 2.45) is 0 Å². The SMILES string of the molecule is CCNC(=O)[C@@H](C)N(Cc1c(Cl)cccc1Cl)C(=O)CN(c1ccc(F)cc1)S(=O)(=O)c1ccccc1. The molecule has 0 unspecified atom stereocenters. The summed E-state index contributed by atoms with van der Waals surface area (Å²) in [6.07, 6.45) is 0. The predicted octanol–water partition coefficient (Wildman–Crippen LogP) is 4.88. The van der Waals surface area contributed by atoms with Crippen LogP contribution in [0, 0.1) is 5.82 Å². The van der Waals surface area contributed by atoms with Crippen molar-refractivity contribution in [3.8, 4) is 0 Å². The maximum Gasteiger partial charge on any atom is 0.264 e. The molecule has 0 aliphatic rings. The van der Waals surface area contributed by atoms with Crippen molar-refractivity contribution in [3.05, 3.63) is 94.2 Å². The topological polar surface area (TPSA) is 86.8 Å². The maximum absolute atomic E-state index is 13.7. The monoisotopic (exact) mass is 565 g/mol. The summed E-state index contributed by atoms with van der Waals surface area (Å²) in [5.41, 5.74) is 0.495. The number of benzene rings is 3. The molecule has 37 heavy (non-hydrogen) atoms. The highest BCUT2D eigenvalue weighted by Crippen LogP contribution is 2.28. The van der Waals surface area contributed by atoms with E-state index in [1.807, 2.05) is 0 Å². The third-order valence-corrected chi connectivity index (χ3v) is 8.13. The first-order chi connectivity index (χ1) is 17.6. The number of amides is 2. The quantitative estimate of drug-likeness (QED) is 0.379. The molecule has 0 fully saturated rings. The van der Waals surface area contributed by atoms with Crippen molar-refractivity contribution in [2.75, 3.05) is 17.4 Å². The van der Waals surface area contributed by atoms with Gasteiger partial charge in [0.15, 0.2) is 0 Å². The van der Waals surface area contributed by atoms with Gasteiger partial charge in [-0.3, -0.25) is 13.9 Å². The summed E-state index contributed by atoms with van der Waals surface area (Å²) < 4.78 is 41.7. The van der Waals surface area contributed by atoms with Crippen molar-refractivity contribution in [3.63, 3.8) is 0 Å². The smallest absolute Gasteiger partial charge is 0.264 e. The third kappa shape index (κ3) is 6.80. The van der Waals surface area contributed by atoms with Crippen LogP contribution in [-0.2, 0) is 26.2 Å². The van der Waals surface area contributed by atoms with Gasteiger partial charge in [0.05, 0.1) is 10.6 Å². The van der Waals surface area contributed by atoms with E-state index in [0.29, 0.717) is 22.2 Å². The molecular weight excluding hydrogens is 540 g/mol. The Morgan fingerprint density at radius 2 is 1.54 bits per heavy atom. The van der Waals surface area contributed by atoms with E-state index in [0.717, 1.165) is 16.4 Å². The summed E-state index contributed by atoms with van der Waals surface area (Å²) in [7, 11) is -4.23.